The van der Waals surface area contributed by atoms with Crippen LogP contribution in [0.2, 0.25) is 0 Å². The van der Waals surface area contributed by atoms with E-state index in [9.17, 15) is 22.8 Å². The van der Waals surface area contributed by atoms with E-state index in [1.54, 1.807) is 6.92 Å². The molecule has 1 aliphatic carbocycles. The minimum Gasteiger partial charge on any atom is -0.465 e. The largest absolute Gasteiger partial charge is 0.465 e. The molecule has 0 bridgehead atoms. The van der Waals surface area contributed by atoms with E-state index >= 15 is 0 Å². The molecule has 0 aliphatic heterocycles. The third-order valence-corrected chi connectivity index (χ3v) is 3.99. The zero-order valence-corrected chi connectivity index (χ0v) is 11.5. The van der Waals surface area contributed by atoms with Crippen LogP contribution >= 0.6 is 11.8 Å². The molecule has 0 heterocycles. The Bertz CT molecular complexity index is 344. The summed E-state index contributed by atoms with van der Waals surface area (Å²) in [6.45, 7) is 1.74. The minimum atomic E-state index is -4.34. The molecule has 0 spiro atoms. The maximum absolute atomic E-state index is 12.1. The molecular weight excluding hydrogens is 281 g/mol. The highest BCUT2D eigenvalue weighted by atomic mass is 32.2. The molecule has 0 amide bonds. The maximum atomic E-state index is 12.1. The van der Waals surface area contributed by atoms with Crippen LogP contribution in [0.3, 0.4) is 0 Å². The van der Waals surface area contributed by atoms with E-state index in [0.29, 0.717) is 19.3 Å². The number of alkyl halides is 3. The fraction of sp³-hybridized carbons (Fsp3) is 0.833. The number of ether oxygens (including phenoxy) is 1. The van der Waals surface area contributed by atoms with Gasteiger partial charge in [-0.25, -0.2) is 0 Å². The van der Waals surface area contributed by atoms with Crippen molar-refractivity contribution in [3.63, 3.8) is 0 Å². The number of halogens is 3. The van der Waals surface area contributed by atoms with Crippen molar-refractivity contribution in [3.05, 3.63) is 0 Å². The molecule has 7 heteroatoms. The lowest BCUT2D eigenvalue weighted by atomic mass is 9.71. The highest BCUT2D eigenvalue weighted by Gasteiger charge is 2.48. The van der Waals surface area contributed by atoms with Crippen molar-refractivity contribution in [3.8, 4) is 0 Å². The van der Waals surface area contributed by atoms with Gasteiger partial charge in [-0.1, -0.05) is 18.2 Å². The molecule has 0 aromatic heterocycles. The molecule has 0 N–H and O–H groups in total. The zero-order valence-electron chi connectivity index (χ0n) is 10.7. The normalized spacial score (nSPS) is 24.3. The molecular formula is C12H17F3O3S. The van der Waals surface area contributed by atoms with Gasteiger partial charge in [-0.2, -0.15) is 13.2 Å². The van der Waals surface area contributed by atoms with Crippen LogP contribution < -0.4 is 0 Å². The number of ketones is 1. The molecule has 3 nitrogen and oxygen atoms in total. The van der Waals surface area contributed by atoms with Crippen molar-refractivity contribution in [2.75, 3.05) is 12.4 Å². The quantitative estimate of drug-likeness (QED) is 0.577. The smallest absolute Gasteiger partial charge is 0.441 e. The van der Waals surface area contributed by atoms with Gasteiger partial charge in [0.15, 0.2) is 0 Å². The first-order chi connectivity index (χ1) is 8.82. The summed E-state index contributed by atoms with van der Waals surface area (Å²) in [6, 6.07) is 0. The summed E-state index contributed by atoms with van der Waals surface area (Å²) >= 11 is -0.197. The van der Waals surface area contributed by atoms with Gasteiger partial charge in [0, 0.05) is 12.2 Å². The van der Waals surface area contributed by atoms with Crippen LogP contribution in [0.5, 0.6) is 0 Å². The number of rotatable bonds is 5. The summed E-state index contributed by atoms with van der Waals surface area (Å²) in [5, 5.41) is 0. The molecule has 1 rings (SSSR count). The van der Waals surface area contributed by atoms with Gasteiger partial charge < -0.3 is 4.74 Å². The van der Waals surface area contributed by atoms with Crippen molar-refractivity contribution in [2.24, 2.45) is 5.41 Å². The topological polar surface area (TPSA) is 43.4 Å². The van der Waals surface area contributed by atoms with E-state index in [0.717, 1.165) is 0 Å². The van der Waals surface area contributed by atoms with Gasteiger partial charge in [0.2, 0.25) is 0 Å². The number of carbonyl (C=O) groups is 2. The summed E-state index contributed by atoms with van der Waals surface area (Å²) in [4.78, 5) is 23.9. The highest BCUT2D eigenvalue weighted by molar-refractivity contribution is 8.00. The highest BCUT2D eigenvalue weighted by Crippen LogP contribution is 2.41. The summed E-state index contributed by atoms with van der Waals surface area (Å²) in [7, 11) is 0. The molecule has 110 valence electrons. The number of hydrogen-bond acceptors (Lipinski definition) is 4. The standard InChI is InChI=1S/C12H17F3O3S/c1-2-18-10(17)11(6-4-3-5-9(11)16)7-8-19-12(13,14)15/h2-8H2,1H3. The second-order valence-electron chi connectivity index (χ2n) is 4.48. The summed E-state index contributed by atoms with van der Waals surface area (Å²) in [6.07, 6.45) is 1.79. The van der Waals surface area contributed by atoms with Gasteiger partial charge in [-0.05, 0) is 26.2 Å². The van der Waals surface area contributed by atoms with Gasteiger partial charge in [0.1, 0.15) is 11.2 Å². The van der Waals surface area contributed by atoms with Gasteiger partial charge in [-0.15, -0.1) is 0 Å². The Morgan fingerprint density at radius 2 is 2.11 bits per heavy atom. The van der Waals surface area contributed by atoms with Crippen LogP contribution in [0.15, 0.2) is 0 Å². The molecule has 1 saturated carbocycles. The van der Waals surface area contributed by atoms with E-state index in [1.165, 1.54) is 0 Å². The first-order valence-corrected chi connectivity index (χ1v) is 7.21. The van der Waals surface area contributed by atoms with E-state index < -0.39 is 16.9 Å². The molecule has 1 aliphatic rings. The SMILES string of the molecule is CCOC(=O)C1(CCSC(F)(F)F)CCCCC1=O. The van der Waals surface area contributed by atoms with Crippen LogP contribution in [-0.4, -0.2) is 29.6 Å². The Labute approximate surface area is 114 Å². The first kappa shape index (κ1) is 16.3. The lowest BCUT2D eigenvalue weighted by Gasteiger charge is -2.33. The Hall–Kier alpha value is -0.720. The predicted octanol–water partition coefficient (Wildman–Crippen LogP) is 3.32. The second-order valence-corrected chi connectivity index (χ2v) is 5.64. The van der Waals surface area contributed by atoms with E-state index in [-0.39, 0.29) is 42.7 Å². The molecule has 1 fully saturated rings. The predicted molar refractivity (Wildman–Crippen MR) is 65.7 cm³/mol. The molecule has 0 aromatic carbocycles. The Morgan fingerprint density at radius 3 is 2.63 bits per heavy atom. The third-order valence-electron chi connectivity index (χ3n) is 3.25. The number of hydrogen-bond donors (Lipinski definition) is 0. The van der Waals surface area contributed by atoms with Gasteiger partial charge in [0.05, 0.1) is 6.61 Å². The Morgan fingerprint density at radius 1 is 1.42 bits per heavy atom. The number of Topliss-reactive ketones (excluding diaryl/α,β-unsaturated/α-hetero) is 1. The van der Waals surface area contributed by atoms with E-state index in [4.69, 9.17) is 4.74 Å². The second kappa shape index (κ2) is 6.63. The van der Waals surface area contributed by atoms with Gasteiger partial charge >= 0.3 is 11.5 Å². The van der Waals surface area contributed by atoms with E-state index in [2.05, 4.69) is 0 Å². The van der Waals surface area contributed by atoms with Crippen molar-refractivity contribution >= 4 is 23.5 Å². The molecule has 0 saturated heterocycles. The van der Waals surface area contributed by atoms with Crippen LogP contribution in [0.25, 0.3) is 0 Å². The minimum absolute atomic E-state index is 0.102. The summed E-state index contributed by atoms with van der Waals surface area (Å²) < 4.78 is 41.3. The lowest BCUT2D eigenvalue weighted by Crippen LogP contribution is -2.43. The van der Waals surface area contributed by atoms with Crippen molar-refractivity contribution in [2.45, 2.75) is 44.5 Å². The fourth-order valence-corrected chi connectivity index (χ4v) is 2.97. The molecule has 0 radical (unpaired) electrons. The summed E-state index contributed by atoms with van der Waals surface area (Å²) in [5.41, 5.74) is -5.69. The lowest BCUT2D eigenvalue weighted by molar-refractivity contribution is -0.162. The van der Waals surface area contributed by atoms with Gasteiger partial charge in [0.25, 0.3) is 0 Å². The van der Waals surface area contributed by atoms with Crippen molar-refractivity contribution < 1.29 is 27.5 Å². The average molecular weight is 298 g/mol. The molecule has 1 unspecified atom stereocenters. The average Bonchev–Trinajstić information content (AvgIpc) is 2.30. The third kappa shape index (κ3) is 4.40. The molecule has 19 heavy (non-hydrogen) atoms. The van der Waals surface area contributed by atoms with Crippen molar-refractivity contribution in [1.82, 2.24) is 0 Å². The van der Waals surface area contributed by atoms with Crippen LogP contribution in [0.1, 0.15) is 39.0 Å². The first-order valence-electron chi connectivity index (χ1n) is 6.23. The number of esters is 1. The van der Waals surface area contributed by atoms with Crippen LogP contribution in [-0.2, 0) is 14.3 Å². The maximum Gasteiger partial charge on any atom is 0.441 e. The van der Waals surface area contributed by atoms with E-state index in [1.807, 2.05) is 0 Å². The summed E-state index contributed by atoms with van der Waals surface area (Å²) in [5.74, 6) is -1.24. The number of carbonyl (C=O) groups excluding carboxylic acids is 2. The fourth-order valence-electron chi connectivity index (χ4n) is 2.28. The van der Waals surface area contributed by atoms with Gasteiger partial charge in [-0.3, -0.25) is 9.59 Å². The van der Waals surface area contributed by atoms with Crippen molar-refractivity contribution in [1.29, 1.82) is 0 Å². The molecule has 0 aromatic rings. The zero-order chi connectivity index (χ0) is 14.5. The molecule has 1 atom stereocenters. The van der Waals surface area contributed by atoms with Crippen LogP contribution in [0.4, 0.5) is 13.2 Å². The Balaban J connectivity index is 2.74. The number of thioether (sulfide) groups is 1. The van der Waals surface area contributed by atoms with Crippen LogP contribution in [0, 0.1) is 5.41 Å². The Kier molecular flexibility index (Phi) is 5.70. The monoisotopic (exact) mass is 298 g/mol.